The Morgan fingerprint density at radius 2 is 1.75 bits per heavy atom. The molecule has 0 fully saturated rings. The largest absolute Gasteiger partial charge is 0.476 e. The number of benzene rings is 1. The van der Waals surface area contributed by atoms with Crippen LogP contribution in [-0.2, 0) is 25.5 Å². The first-order valence-electron chi connectivity index (χ1n) is 10.2. The molecular formula is C21H30F3N3O5. The predicted octanol–water partition coefficient (Wildman–Crippen LogP) is 2.96. The minimum absolute atomic E-state index is 0.0486. The third kappa shape index (κ3) is 10.4. The summed E-state index contributed by atoms with van der Waals surface area (Å²) in [5, 5.41) is 6.09. The lowest BCUT2D eigenvalue weighted by Gasteiger charge is -2.24. The second-order valence-corrected chi connectivity index (χ2v) is 7.20. The monoisotopic (exact) mass is 461 g/mol. The van der Waals surface area contributed by atoms with Crippen LogP contribution in [0.3, 0.4) is 0 Å². The fourth-order valence-electron chi connectivity index (χ4n) is 2.38. The van der Waals surface area contributed by atoms with Crippen LogP contribution in [0, 0.1) is 0 Å². The third-order valence-electron chi connectivity index (χ3n) is 4.04. The van der Waals surface area contributed by atoms with Gasteiger partial charge in [-0.3, -0.25) is 4.79 Å². The van der Waals surface area contributed by atoms with Gasteiger partial charge in [0, 0.05) is 26.4 Å². The van der Waals surface area contributed by atoms with Gasteiger partial charge < -0.3 is 25.0 Å². The maximum Gasteiger partial charge on any atom is 0.389 e. The Morgan fingerprint density at radius 3 is 2.31 bits per heavy atom. The Labute approximate surface area is 185 Å². The minimum atomic E-state index is -4.24. The molecule has 0 aliphatic carbocycles. The number of carbonyl (C=O) groups is 2. The molecular weight excluding hydrogens is 431 g/mol. The zero-order chi connectivity index (χ0) is 24.2. The van der Waals surface area contributed by atoms with E-state index < -0.39 is 30.1 Å². The first-order valence-corrected chi connectivity index (χ1v) is 10.2. The Hall–Kier alpha value is -2.98. The lowest BCUT2D eigenvalue weighted by atomic mass is 10.1. The van der Waals surface area contributed by atoms with Crippen LogP contribution in [0.15, 0.2) is 29.4 Å². The number of esters is 1. The Bertz CT molecular complexity index is 765. The van der Waals surface area contributed by atoms with Crippen LogP contribution in [0.2, 0.25) is 0 Å². The number of rotatable bonds is 11. The van der Waals surface area contributed by atoms with Crippen LogP contribution in [0.1, 0.15) is 39.2 Å². The van der Waals surface area contributed by atoms with Crippen molar-refractivity contribution in [3.05, 3.63) is 29.8 Å². The number of nitrogens with zero attached hydrogens (tertiary/aromatic N) is 1. The molecule has 2 N–H and O–H groups in total. The molecule has 0 aliphatic heterocycles. The number of hydrogen-bond acceptors (Lipinski definition) is 7. The molecule has 1 rings (SSSR count). The van der Waals surface area contributed by atoms with Crippen molar-refractivity contribution in [2.45, 2.75) is 51.8 Å². The van der Waals surface area contributed by atoms with Crippen molar-refractivity contribution in [3.8, 4) is 5.75 Å². The van der Waals surface area contributed by atoms with E-state index in [0.717, 1.165) is 5.56 Å². The molecule has 0 aromatic heterocycles. The van der Waals surface area contributed by atoms with Crippen molar-refractivity contribution in [3.63, 3.8) is 0 Å². The van der Waals surface area contributed by atoms with Crippen LogP contribution in [0.5, 0.6) is 5.75 Å². The summed E-state index contributed by atoms with van der Waals surface area (Å²) < 4.78 is 52.5. The average Bonchev–Trinajstić information content (AvgIpc) is 2.72. The standard InChI is InChI=1S/C21H30F3N3O5/c1-5-30-19(29)20(2,3)32-16-9-7-15(8-10-16)11-14-31-18(17(28)25-4)27-26-13-6-12-21(22,23)24/h7-10,26H,5-6,11-14H2,1-4H3,(H,25,28)/b27-18+. The first-order chi connectivity index (χ1) is 15.0. The number of amides is 1. The summed E-state index contributed by atoms with van der Waals surface area (Å²) >= 11 is 0. The van der Waals surface area contributed by atoms with Gasteiger partial charge in [-0.15, -0.1) is 5.10 Å². The van der Waals surface area contributed by atoms with E-state index in [0.29, 0.717) is 12.2 Å². The molecule has 1 aromatic carbocycles. The Kier molecular flexibility index (Phi) is 10.8. The van der Waals surface area contributed by atoms with E-state index in [1.165, 1.54) is 7.05 Å². The summed E-state index contributed by atoms with van der Waals surface area (Å²) in [5.74, 6) is -0.845. The predicted molar refractivity (Wildman–Crippen MR) is 112 cm³/mol. The van der Waals surface area contributed by atoms with Gasteiger partial charge >= 0.3 is 18.1 Å². The summed E-state index contributed by atoms with van der Waals surface area (Å²) in [6.07, 6.45) is -4.91. The summed E-state index contributed by atoms with van der Waals surface area (Å²) in [6, 6.07) is 6.97. The number of likely N-dealkylation sites (N-methyl/N-ethyl adjacent to an activating group) is 1. The molecule has 1 amide bonds. The lowest BCUT2D eigenvalue weighted by molar-refractivity contribution is -0.158. The maximum absolute atomic E-state index is 12.1. The van der Waals surface area contributed by atoms with Gasteiger partial charge in [-0.2, -0.15) is 13.2 Å². The number of ether oxygens (including phenoxy) is 3. The van der Waals surface area contributed by atoms with Crippen LogP contribution >= 0.6 is 0 Å². The van der Waals surface area contributed by atoms with Crippen molar-refractivity contribution in [2.75, 3.05) is 26.8 Å². The summed E-state index contributed by atoms with van der Waals surface area (Å²) in [4.78, 5) is 23.7. The topological polar surface area (TPSA) is 98.2 Å². The van der Waals surface area contributed by atoms with Crippen LogP contribution in [-0.4, -0.2) is 56.4 Å². The summed E-state index contributed by atoms with van der Waals surface area (Å²) in [7, 11) is 1.39. The molecule has 11 heteroatoms. The summed E-state index contributed by atoms with van der Waals surface area (Å²) in [6.45, 7) is 5.27. The molecule has 180 valence electrons. The molecule has 32 heavy (non-hydrogen) atoms. The van der Waals surface area contributed by atoms with E-state index in [-0.39, 0.29) is 32.1 Å². The van der Waals surface area contributed by atoms with Crippen molar-refractivity contribution >= 4 is 17.8 Å². The highest BCUT2D eigenvalue weighted by atomic mass is 19.4. The van der Waals surface area contributed by atoms with Crippen molar-refractivity contribution in [2.24, 2.45) is 5.10 Å². The molecule has 0 spiro atoms. The van der Waals surface area contributed by atoms with Crippen molar-refractivity contribution < 1.29 is 37.0 Å². The number of halogens is 3. The summed E-state index contributed by atoms with van der Waals surface area (Å²) in [5.41, 5.74) is 2.16. The van der Waals surface area contributed by atoms with E-state index in [9.17, 15) is 22.8 Å². The van der Waals surface area contributed by atoms with Gasteiger partial charge in [0.15, 0.2) is 5.60 Å². The number of hydrazone groups is 1. The van der Waals surface area contributed by atoms with Gasteiger partial charge in [0.1, 0.15) is 5.75 Å². The molecule has 0 atom stereocenters. The van der Waals surface area contributed by atoms with Crippen molar-refractivity contribution in [1.29, 1.82) is 0 Å². The number of carbonyl (C=O) groups excluding carboxylic acids is 2. The van der Waals surface area contributed by atoms with Gasteiger partial charge in [0.25, 0.3) is 5.90 Å². The van der Waals surface area contributed by atoms with Crippen LogP contribution in [0.4, 0.5) is 13.2 Å². The molecule has 0 radical (unpaired) electrons. The highest BCUT2D eigenvalue weighted by Gasteiger charge is 2.31. The molecule has 0 saturated carbocycles. The SMILES string of the molecule is CCOC(=O)C(C)(C)Oc1ccc(CCO/C(=N/NCCCC(F)(F)F)C(=O)NC)cc1. The molecule has 0 bridgehead atoms. The van der Waals surface area contributed by atoms with E-state index in [2.05, 4.69) is 15.8 Å². The van der Waals surface area contributed by atoms with Crippen LogP contribution < -0.4 is 15.5 Å². The fraction of sp³-hybridized carbons (Fsp3) is 0.571. The van der Waals surface area contributed by atoms with Gasteiger partial charge in [0.2, 0.25) is 0 Å². The van der Waals surface area contributed by atoms with Gasteiger partial charge in [0.05, 0.1) is 13.2 Å². The minimum Gasteiger partial charge on any atom is -0.476 e. The van der Waals surface area contributed by atoms with Gasteiger partial charge in [-0.25, -0.2) is 4.79 Å². The molecule has 0 aliphatic rings. The van der Waals surface area contributed by atoms with E-state index in [1.807, 2.05) is 0 Å². The normalized spacial score (nSPS) is 12.2. The van der Waals surface area contributed by atoms with Crippen LogP contribution in [0.25, 0.3) is 0 Å². The quantitative estimate of drug-likeness (QED) is 0.173. The fourth-order valence-corrected chi connectivity index (χ4v) is 2.38. The number of hydrogen-bond donors (Lipinski definition) is 2. The maximum atomic E-state index is 12.1. The van der Waals surface area contributed by atoms with Gasteiger partial charge in [-0.1, -0.05) is 12.1 Å². The van der Waals surface area contributed by atoms with E-state index in [1.54, 1.807) is 45.0 Å². The molecule has 0 unspecified atom stereocenters. The zero-order valence-electron chi connectivity index (χ0n) is 18.7. The third-order valence-corrected chi connectivity index (χ3v) is 4.04. The second kappa shape index (κ2) is 12.8. The molecule has 8 nitrogen and oxygen atoms in total. The molecule has 0 saturated heterocycles. The van der Waals surface area contributed by atoms with E-state index in [4.69, 9.17) is 14.2 Å². The van der Waals surface area contributed by atoms with Gasteiger partial charge in [-0.05, 0) is 44.9 Å². The first kappa shape index (κ1) is 27.1. The molecule has 1 aromatic rings. The highest BCUT2D eigenvalue weighted by molar-refractivity contribution is 6.35. The lowest BCUT2D eigenvalue weighted by Crippen LogP contribution is -2.39. The van der Waals surface area contributed by atoms with E-state index >= 15 is 0 Å². The smallest absolute Gasteiger partial charge is 0.389 e. The Balaban J connectivity index is 2.55. The Morgan fingerprint density at radius 1 is 1.09 bits per heavy atom. The highest BCUT2D eigenvalue weighted by Crippen LogP contribution is 2.21. The molecule has 0 heterocycles. The zero-order valence-corrected chi connectivity index (χ0v) is 18.7. The number of nitrogens with one attached hydrogen (secondary N) is 2. The second-order valence-electron chi connectivity index (χ2n) is 7.20. The van der Waals surface area contributed by atoms with Crippen molar-refractivity contribution in [1.82, 2.24) is 10.7 Å². The number of alkyl halides is 3. The average molecular weight is 461 g/mol.